The van der Waals surface area contributed by atoms with Crippen LogP contribution < -0.4 is 0 Å². The molecule has 19 heavy (non-hydrogen) atoms. The molecule has 2 aliphatic rings. The zero-order chi connectivity index (χ0) is 13.7. The van der Waals surface area contributed by atoms with Crippen molar-refractivity contribution in [2.75, 3.05) is 13.2 Å². The average Bonchev–Trinajstić information content (AvgIpc) is 2.72. The van der Waals surface area contributed by atoms with Gasteiger partial charge in [0.15, 0.2) is 0 Å². The third-order valence-electron chi connectivity index (χ3n) is 4.49. The minimum absolute atomic E-state index is 0.194. The molecular formula is C17H27NO. The van der Waals surface area contributed by atoms with Crippen molar-refractivity contribution in [3.05, 3.63) is 24.5 Å². The Hall–Kier alpha value is -1.05. The molecule has 0 amide bonds. The number of hydrogen-bond acceptors (Lipinski definition) is 2. The quantitative estimate of drug-likeness (QED) is 0.644. The van der Waals surface area contributed by atoms with Crippen LogP contribution >= 0.6 is 0 Å². The van der Waals surface area contributed by atoms with Crippen molar-refractivity contribution in [1.29, 1.82) is 0 Å². The average molecular weight is 261 g/mol. The zero-order valence-corrected chi connectivity index (χ0v) is 12.5. The number of aliphatic imine (C=N–C) groups is 1. The van der Waals surface area contributed by atoms with Gasteiger partial charge in [-0.3, -0.25) is 4.99 Å². The van der Waals surface area contributed by atoms with Crippen LogP contribution in [0.3, 0.4) is 0 Å². The Bertz CT molecular complexity index is 383. The van der Waals surface area contributed by atoms with Crippen LogP contribution in [0.5, 0.6) is 0 Å². The van der Waals surface area contributed by atoms with Gasteiger partial charge in [0.2, 0.25) is 0 Å². The Morgan fingerprint density at radius 2 is 2.32 bits per heavy atom. The molecule has 0 heterocycles. The van der Waals surface area contributed by atoms with Gasteiger partial charge in [0.25, 0.3) is 0 Å². The van der Waals surface area contributed by atoms with Gasteiger partial charge >= 0.3 is 0 Å². The number of fused-ring (bicyclic) bond motifs is 1. The number of nitrogens with zero attached hydrogens (tertiary/aromatic N) is 1. The van der Waals surface area contributed by atoms with Crippen LogP contribution in [0.25, 0.3) is 0 Å². The molecule has 2 atom stereocenters. The van der Waals surface area contributed by atoms with E-state index in [0.29, 0.717) is 5.92 Å². The lowest BCUT2D eigenvalue weighted by atomic mass is 9.64. The number of ether oxygens (including phenoxy) is 1. The lowest BCUT2D eigenvalue weighted by Crippen LogP contribution is -2.37. The Labute approximate surface area is 117 Å². The molecule has 0 aromatic heterocycles. The summed E-state index contributed by atoms with van der Waals surface area (Å²) in [6.45, 7) is 9.92. The molecule has 0 unspecified atom stereocenters. The van der Waals surface area contributed by atoms with E-state index >= 15 is 0 Å². The molecule has 1 saturated carbocycles. The maximum Gasteiger partial charge on any atom is 0.102 e. The molecular weight excluding hydrogens is 234 g/mol. The first-order chi connectivity index (χ1) is 9.28. The third kappa shape index (κ3) is 2.63. The highest BCUT2D eigenvalue weighted by molar-refractivity contribution is 6.03. The van der Waals surface area contributed by atoms with E-state index in [1.54, 1.807) is 0 Å². The van der Waals surface area contributed by atoms with Crippen molar-refractivity contribution in [1.82, 2.24) is 0 Å². The van der Waals surface area contributed by atoms with Gasteiger partial charge in [0.1, 0.15) is 5.76 Å². The third-order valence-corrected chi connectivity index (χ3v) is 4.49. The summed E-state index contributed by atoms with van der Waals surface area (Å²) in [7, 11) is 0. The summed E-state index contributed by atoms with van der Waals surface area (Å²) in [5.41, 5.74) is 1.47. The van der Waals surface area contributed by atoms with Crippen molar-refractivity contribution in [3.63, 3.8) is 0 Å². The maximum absolute atomic E-state index is 5.90. The summed E-state index contributed by atoms with van der Waals surface area (Å²) < 4.78 is 5.90. The van der Waals surface area contributed by atoms with Gasteiger partial charge < -0.3 is 4.74 Å². The van der Waals surface area contributed by atoms with Crippen molar-refractivity contribution in [2.24, 2.45) is 16.3 Å². The largest absolute Gasteiger partial charge is 0.498 e. The van der Waals surface area contributed by atoms with Crippen LogP contribution in [0.15, 0.2) is 29.5 Å². The van der Waals surface area contributed by atoms with E-state index in [-0.39, 0.29) is 5.41 Å². The fourth-order valence-electron chi connectivity index (χ4n) is 3.69. The van der Waals surface area contributed by atoms with Crippen molar-refractivity contribution >= 4 is 5.71 Å². The molecule has 2 heteroatoms. The minimum atomic E-state index is 0.194. The van der Waals surface area contributed by atoms with E-state index in [2.05, 4.69) is 32.6 Å². The summed E-state index contributed by atoms with van der Waals surface area (Å²) >= 11 is 0. The van der Waals surface area contributed by atoms with Crippen molar-refractivity contribution in [2.45, 2.75) is 52.4 Å². The molecule has 0 bridgehead atoms. The SMILES string of the molecule is C=CC[C@]12CCCC[C@H]1C(OCC)=CC2=NCCC. The van der Waals surface area contributed by atoms with Gasteiger partial charge in [-0.2, -0.15) is 0 Å². The fraction of sp³-hybridized carbons (Fsp3) is 0.706. The van der Waals surface area contributed by atoms with Crippen LogP contribution in [0.1, 0.15) is 52.4 Å². The molecule has 106 valence electrons. The highest BCUT2D eigenvalue weighted by Gasteiger charge is 2.49. The predicted octanol–water partition coefficient (Wildman–Crippen LogP) is 4.52. The fourth-order valence-corrected chi connectivity index (χ4v) is 3.69. The second kappa shape index (κ2) is 6.40. The summed E-state index contributed by atoms with van der Waals surface area (Å²) in [6.07, 6.45) is 11.5. The summed E-state index contributed by atoms with van der Waals surface area (Å²) in [5.74, 6) is 1.72. The molecule has 0 spiro atoms. The Morgan fingerprint density at radius 1 is 1.47 bits per heavy atom. The Kier molecular flexibility index (Phi) is 4.84. The molecule has 0 aliphatic heterocycles. The van der Waals surface area contributed by atoms with Gasteiger partial charge in [-0.05, 0) is 38.7 Å². The number of allylic oxidation sites excluding steroid dienone is 3. The van der Waals surface area contributed by atoms with Gasteiger partial charge in [0.05, 0.1) is 6.61 Å². The second-order valence-corrected chi connectivity index (χ2v) is 5.69. The standard InChI is InChI=1S/C17H27NO/c1-4-10-17-11-8-7-9-14(17)15(19-6-3)13-16(17)18-12-5-2/h4,13-14H,1,5-12H2,2-3H3/t14-,17-/m0/s1. The van der Waals surface area contributed by atoms with E-state index in [1.807, 2.05) is 0 Å². The second-order valence-electron chi connectivity index (χ2n) is 5.69. The first-order valence-electron chi connectivity index (χ1n) is 7.78. The monoisotopic (exact) mass is 261 g/mol. The van der Waals surface area contributed by atoms with Crippen LogP contribution in [0.4, 0.5) is 0 Å². The first-order valence-corrected chi connectivity index (χ1v) is 7.78. The van der Waals surface area contributed by atoms with E-state index in [9.17, 15) is 0 Å². The molecule has 2 nitrogen and oxygen atoms in total. The summed E-state index contributed by atoms with van der Waals surface area (Å²) in [5, 5.41) is 0. The Morgan fingerprint density at radius 3 is 3.00 bits per heavy atom. The van der Waals surface area contributed by atoms with Crippen LogP contribution in [0, 0.1) is 11.3 Å². The van der Waals surface area contributed by atoms with E-state index < -0.39 is 0 Å². The molecule has 0 aromatic rings. The van der Waals surface area contributed by atoms with Gasteiger partial charge in [-0.15, -0.1) is 6.58 Å². The zero-order valence-electron chi connectivity index (χ0n) is 12.5. The Balaban J connectivity index is 2.34. The molecule has 0 saturated heterocycles. The van der Waals surface area contributed by atoms with Crippen molar-refractivity contribution in [3.8, 4) is 0 Å². The molecule has 2 aliphatic carbocycles. The molecule has 0 aromatic carbocycles. The van der Waals surface area contributed by atoms with Crippen molar-refractivity contribution < 1.29 is 4.74 Å². The van der Waals surface area contributed by atoms with Gasteiger partial charge in [-0.1, -0.05) is 25.8 Å². The predicted molar refractivity (Wildman–Crippen MR) is 81.5 cm³/mol. The lowest BCUT2D eigenvalue weighted by Gasteiger charge is -2.40. The highest BCUT2D eigenvalue weighted by atomic mass is 16.5. The van der Waals surface area contributed by atoms with Crippen LogP contribution in [0.2, 0.25) is 0 Å². The van der Waals surface area contributed by atoms with E-state index in [0.717, 1.165) is 26.0 Å². The van der Waals surface area contributed by atoms with Crippen LogP contribution in [-0.4, -0.2) is 18.9 Å². The van der Waals surface area contributed by atoms with Gasteiger partial charge in [-0.25, -0.2) is 0 Å². The minimum Gasteiger partial charge on any atom is -0.498 e. The molecule has 0 radical (unpaired) electrons. The smallest absolute Gasteiger partial charge is 0.102 e. The maximum atomic E-state index is 5.90. The van der Waals surface area contributed by atoms with E-state index in [4.69, 9.17) is 9.73 Å². The first kappa shape index (κ1) is 14.4. The van der Waals surface area contributed by atoms with Crippen LogP contribution in [-0.2, 0) is 4.74 Å². The number of hydrogen-bond donors (Lipinski definition) is 0. The molecule has 0 N–H and O–H groups in total. The van der Waals surface area contributed by atoms with Gasteiger partial charge in [0, 0.05) is 23.6 Å². The normalized spacial score (nSPS) is 32.0. The lowest BCUT2D eigenvalue weighted by molar-refractivity contribution is 0.122. The van der Waals surface area contributed by atoms with E-state index in [1.165, 1.54) is 37.2 Å². The topological polar surface area (TPSA) is 21.6 Å². The molecule has 1 fully saturated rings. The summed E-state index contributed by atoms with van der Waals surface area (Å²) in [4.78, 5) is 4.86. The highest BCUT2D eigenvalue weighted by Crippen LogP contribution is 2.53. The number of rotatable bonds is 6. The molecule has 2 rings (SSSR count). The summed E-state index contributed by atoms with van der Waals surface area (Å²) in [6, 6.07) is 0.